The van der Waals surface area contributed by atoms with Crippen LogP contribution in [0.4, 0.5) is 5.69 Å². The van der Waals surface area contributed by atoms with Crippen LogP contribution < -0.4 is 17.2 Å². The molecule has 9 heteroatoms. The summed E-state index contributed by atoms with van der Waals surface area (Å²) in [6.07, 6.45) is 0. The lowest BCUT2D eigenvalue weighted by Crippen LogP contribution is -2.41. The molecule has 0 saturated carbocycles. The summed E-state index contributed by atoms with van der Waals surface area (Å²) in [6.45, 7) is -0.206. The molecule has 100 valence electrons. The van der Waals surface area contributed by atoms with Gasteiger partial charge in [-0.05, 0) is 6.07 Å². The van der Waals surface area contributed by atoms with Crippen molar-refractivity contribution in [3.8, 4) is 0 Å². The van der Waals surface area contributed by atoms with E-state index < -0.39 is 22.6 Å². The number of primary amides is 1. The van der Waals surface area contributed by atoms with Gasteiger partial charge >= 0.3 is 5.76 Å². The SMILES string of the molecule is NC(=O)C(N)Cn1c(=O)oc2ccc([N+](=O)[O-])cc21. The molecule has 1 atom stereocenters. The molecule has 0 spiro atoms. The van der Waals surface area contributed by atoms with E-state index in [0.29, 0.717) is 0 Å². The molecule has 1 aromatic carbocycles. The van der Waals surface area contributed by atoms with Gasteiger partial charge < -0.3 is 15.9 Å². The number of nitro benzene ring substituents is 1. The highest BCUT2D eigenvalue weighted by molar-refractivity contribution is 5.80. The topological polar surface area (TPSA) is 147 Å². The Hall–Kier alpha value is -2.68. The van der Waals surface area contributed by atoms with Gasteiger partial charge in [0.25, 0.3) is 5.69 Å². The van der Waals surface area contributed by atoms with Gasteiger partial charge in [-0.15, -0.1) is 0 Å². The lowest BCUT2D eigenvalue weighted by atomic mass is 10.2. The Labute approximate surface area is 105 Å². The van der Waals surface area contributed by atoms with Crippen LogP contribution in [0.3, 0.4) is 0 Å². The Morgan fingerprint density at radius 1 is 1.53 bits per heavy atom. The fourth-order valence-corrected chi connectivity index (χ4v) is 1.62. The van der Waals surface area contributed by atoms with E-state index in [1.807, 2.05) is 0 Å². The third kappa shape index (κ3) is 2.31. The molecule has 1 aromatic heterocycles. The van der Waals surface area contributed by atoms with Crippen molar-refractivity contribution in [3.05, 3.63) is 38.9 Å². The number of amides is 1. The lowest BCUT2D eigenvalue weighted by molar-refractivity contribution is -0.384. The van der Waals surface area contributed by atoms with Gasteiger partial charge in [0.05, 0.1) is 17.0 Å². The normalized spacial score (nSPS) is 12.5. The van der Waals surface area contributed by atoms with Crippen molar-refractivity contribution >= 4 is 22.7 Å². The maximum absolute atomic E-state index is 11.6. The maximum Gasteiger partial charge on any atom is 0.420 e. The van der Waals surface area contributed by atoms with E-state index >= 15 is 0 Å². The van der Waals surface area contributed by atoms with E-state index in [2.05, 4.69) is 0 Å². The van der Waals surface area contributed by atoms with Gasteiger partial charge in [0.2, 0.25) is 5.91 Å². The number of hydrogen-bond donors (Lipinski definition) is 2. The second-order valence-corrected chi connectivity index (χ2v) is 3.90. The van der Waals surface area contributed by atoms with Crippen LogP contribution in [0.25, 0.3) is 11.1 Å². The summed E-state index contributed by atoms with van der Waals surface area (Å²) >= 11 is 0. The van der Waals surface area contributed by atoms with Crippen molar-refractivity contribution in [1.82, 2.24) is 4.57 Å². The number of oxazole rings is 1. The molecule has 2 aromatic rings. The molecular weight excluding hydrogens is 256 g/mol. The number of nitrogens with two attached hydrogens (primary N) is 2. The number of hydrogen-bond acceptors (Lipinski definition) is 6. The Balaban J connectivity index is 2.56. The van der Waals surface area contributed by atoms with E-state index in [1.165, 1.54) is 18.2 Å². The quantitative estimate of drug-likeness (QED) is 0.553. The third-order valence-corrected chi connectivity index (χ3v) is 2.61. The Bertz CT molecular complexity index is 716. The molecular formula is C10H10N4O5. The summed E-state index contributed by atoms with van der Waals surface area (Å²) < 4.78 is 5.93. The van der Waals surface area contributed by atoms with Crippen LogP contribution in [-0.2, 0) is 11.3 Å². The predicted octanol–water partition coefficient (Wildman–Crippen LogP) is -0.685. The number of fused-ring (bicyclic) bond motifs is 1. The van der Waals surface area contributed by atoms with Gasteiger partial charge in [-0.2, -0.15) is 0 Å². The minimum Gasteiger partial charge on any atom is -0.408 e. The summed E-state index contributed by atoms with van der Waals surface area (Å²) in [6, 6.07) is 2.61. The summed E-state index contributed by atoms with van der Waals surface area (Å²) in [5, 5.41) is 10.7. The molecule has 1 heterocycles. The van der Waals surface area contributed by atoms with Crippen molar-refractivity contribution in [2.75, 3.05) is 0 Å². The first-order valence-corrected chi connectivity index (χ1v) is 5.23. The molecule has 9 nitrogen and oxygen atoms in total. The molecule has 19 heavy (non-hydrogen) atoms. The van der Waals surface area contributed by atoms with E-state index in [9.17, 15) is 19.7 Å². The fourth-order valence-electron chi connectivity index (χ4n) is 1.62. The first kappa shape index (κ1) is 12.8. The van der Waals surface area contributed by atoms with Crippen LogP contribution >= 0.6 is 0 Å². The smallest absolute Gasteiger partial charge is 0.408 e. The van der Waals surface area contributed by atoms with Crippen LogP contribution in [0.5, 0.6) is 0 Å². The molecule has 1 amide bonds. The molecule has 0 fully saturated rings. The largest absolute Gasteiger partial charge is 0.420 e. The second kappa shape index (κ2) is 4.53. The average molecular weight is 266 g/mol. The highest BCUT2D eigenvalue weighted by atomic mass is 16.6. The van der Waals surface area contributed by atoms with Crippen LogP contribution in [0.15, 0.2) is 27.4 Å². The number of nitrogens with zero attached hydrogens (tertiary/aromatic N) is 2. The standard InChI is InChI=1S/C10H10N4O5/c11-6(9(12)15)4-13-7-3-5(14(17)18)1-2-8(7)19-10(13)16/h1-3,6H,4,11H2,(H2,12,15). The van der Waals surface area contributed by atoms with E-state index in [4.69, 9.17) is 15.9 Å². The molecule has 0 aliphatic carbocycles. The highest BCUT2D eigenvalue weighted by Crippen LogP contribution is 2.20. The zero-order valence-electron chi connectivity index (χ0n) is 9.61. The number of aromatic nitrogens is 1. The predicted molar refractivity (Wildman–Crippen MR) is 64.3 cm³/mol. The number of carbonyl (C=O) groups is 1. The third-order valence-electron chi connectivity index (χ3n) is 2.61. The number of rotatable bonds is 4. The number of non-ortho nitro benzene ring substituents is 1. The molecule has 1 unspecified atom stereocenters. The van der Waals surface area contributed by atoms with Crippen molar-refractivity contribution in [2.45, 2.75) is 12.6 Å². The minimum atomic E-state index is -1.09. The first-order chi connectivity index (χ1) is 8.90. The zero-order chi connectivity index (χ0) is 14.2. The van der Waals surface area contributed by atoms with Crippen molar-refractivity contribution < 1.29 is 14.1 Å². The summed E-state index contributed by atoms with van der Waals surface area (Å²) in [4.78, 5) is 32.6. The van der Waals surface area contributed by atoms with Crippen molar-refractivity contribution in [1.29, 1.82) is 0 Å². The zero-order valence-corrected chi connectivity index (χ0v) is 9.61. The first-order valence-electron chi connectivity index (χ1n) is 5.23. The Morgan fingerprint density at radius 3 is 2.79 bits per heavy atom. The molecule has 0 aliphatic rings. The molecule has 0 saturated heterocycles. The summed E-state index contributed by atoms with van der Waals surface area (Å²) in [5.41, 5.74) is 10.6. The fraction of sp³-hybridized carbons (Fsp3) is 0.200. The Kier molecular flexibility index (Phi) is 3.05. The van der Waals surface area contributed by atoms with Gasteiger partial charge in [-0.25, -0.2) is 4.79 Å². The Morgan fingerprint density at radius 2 is 2.21 bits per heavy atom. The second-order valence-electron chi connectivity index (χ2n) is 3.90. The highest BCUT2D eigenvalue weighted by Gasteiger charge is 2.18. The van der Waals surface area contributed by atoms with Gasteiger partial charge in [0.1, 0.15) is 6.04 Å². The molecule has 0 bridgehead atoms. The monoisotopic (exact) mass is 266 g/mol. The number of carbonyl (C=O) groups excluding carboxylic acids is 1. The molecule has 0 aliphatic heterocycles. The van der Waals surface area contributed by atoms with Crippen LogP contribution in [0.1, 0.15) is 0 Å². The minimum absolute atomic E-state index is 0.173. The van der Waals surface area contributed by atoms with Crippen LogP contribution in [0, 0.1) is 10.1 Å². The number of nitro groups is 1. The van der Waals surface area contributed by atoms with Gasteiger partial charge in [-0.3, -0.25) is 19.5 Å². The number of benzene rings is 1. The van der Waals surface area contributed by atoms with Crippen molar-refractivity contribution in [3.63, 3.8) is 0 Å². The van der Waals surface area contributed by atoms with Gasteiger partial charge in [-0.1, -0.05) is 0 Å². The maximum atomic E-state index is 11.6. The van der Waals surface area contributed by atoms with Crippen LogP contribution in [0.2, 0.25) is 0 Å². The van der Waals surface area contributed by atoms with Crippen molar-refractivity contribution in [2.24, 2.45) is 11.5 Å². The van der Waals surface area contributed by atoms with Gasteiger partial charge in [0.15, 0.2) is 5.58 Å². The van der Waals surface area contributed by atoms with Gasteiger partial charge in [0, 0.05) is 12.1 Å². The lowest BCUT2D eigenvalue weighted by Gasteiger charge is -2.07. The average Bonchev–Trinajstić information content (AvgIpc) is 2.65. The molecule has 0 radical (unpaired) electrons. The van der Waals surface area contributed by atoms with E-state index in [0.717, 1.165) is 4.57 Å². The summed E-state index contributed by atoms with van der Waals surface area (Å²) in [7, 11) is 0. The molecule has 4 N–H and O–H groups in total. The summed E-state index contributed by atoms with van der Waals surface area (Å²) in [5.74, 6) is -1.54. The van der Waals surface area contributed by atoms with E-state index in [-0.39, 0.29) is 23.3 Å². The van der Waals surface area contributed by atoms with Crippen LogP contribution in [-0.4, -0.2) is 21.4 Å². The van der Waals surface area contributed by atoms with E-state index in [1.54, 1.807) is 0 Å². The molecule has 2 rings (SSSR count).